The second-order valence-electron chi connectivity index (χ2n) is 6.51. The molecule has 2 heterocycles. The van der Waals surface area contributed by atoms with Crippen molar-refractivity contribution in [3.8, 4) is 0 Å². The number of hydrogen-bond donors (Lipinski definition) is 2. The van der Waals surface area contributed by atoms with Gasteiger partial charge in [-0.1, -0.05) is 13.8 Å². The molecule has 3 atom stereocenters. The van der Waals surface area contributed by atoms with Crippen molar-refractivity contribution < 1.29 is 9.53 Å². The average molecular weight is 290 g/mol. The number of rotatable bonds is 3. The van der Waals surface area contributed by atoms with Crippen LogP contribution in [0.25, 0.3) is 0 Å². The third-order valence-corrected chi connectivity index (χ3v) is 5.13. The van der Waals surface area contributed by atoms with E-state index < -0.39 is 5.54 Å². The molecule has 1 aliphatic heterocycles. The zero-order valence-corrected chi connectivity index (χ0v) is 12.5. The molecule has 1 amide bonds. The average Bonchev–Trinajstić information content (AvgIpc) is 2.52. The molecule has 2 aliphatic rings. The van der Waals surface area contributed by atoms with Gasteiger partial charge < -0.3 is 15.8 Å². The minimum Gasteiger partial charge on any atom is -0.377 e. The Kier molecular flexibility index (Phi) is 3.45. The maximum absolute atomic E-state index is 12.7. The van der Waals surface area contributed by atoms with E-state index in [9.17, 15) is 4.79 Å². The van der Waals surface area contributed by atoms with Crippen LogP contribution in [-0.2, 0) is 16.1 Å². The fourth-order valence-corrected chi connectivity index (χ4v) is 3.78. The topological polar surface area (TPSA) is 90.1 Å². The van der Waals surface area contributed by atoms with Gasteiger partial charge in [0.05, 0.1) is 18.3 Å². The fraction of sp³-hybridized carbons (Fsp3) is 0.667. The van der Waals surface area contributed by atoms with E-state index in [1.807, 2.05) is 13.8 Å². The Balaban J connectivity index is 1.71. The lowest BCUT2D eigenvalue weighted by Gasteiger charge is -2.65. The van der Waals surface area contributed by atoms with Crippen molar-refractivity contribution in [3.05, 3.63) is 24.3 Å². The van der Waals surface area contributed by atoms with Gasteiger partial charge in [-0.2, -0.15) is 0 Å². The molecule has 0 aromatic carbocycles. The number of aromatic nitrogens is 2. The van der Waals surface area contributed by atoms with Gasteiger partial charge >= 0.3 is 0 Å². The van der Waals surface area contributed by atoms with Crippen LogP contribution in [0.5, 0.6) is 0 Å². The number of carbonyl (C=O) groups is 1. The van der Waals surface area contributed by atoms with Crippen LogP contribution >= 0.6 is 0 Å². The molecule has 114 valence electrons. The van der Waals surface area contributed by atoms with Crippen molar-refractivity contribution in [3.63, 3.8) is 0 Å². The Labute approximate surface area is 124 Å². The van der Waals surface area contributed by atoms with Crippen molar-refractivity contribution in [1.82, 2.24) is 15.3 Å². The summed E-state index contributed by atoms with van der Waals surface area (Å²) in [5.41, 5.74) is 6.07. The van der Waals surface area contributed by atoms with Gasteiger partial charge in [0.15, 0.2) is 0 Å². The van der Waals surface area contributed by atoms with Crippen molar-refractivity contribution in [2.45, 2.75) is 44.9 Å². The van der Waals surface area contributed by atoms with Crippen LogP contribution < -0.4 is 11.1 Å². The van der Waals surface area contributed by atoms with Crippen molar-refractivity contribution in [1.29, 1.82) is 0 Å². The van der Waals surface area contributed by atoms with Crippen LogP contribution in [0.1, 0.15) is 32.4 Å². The Bertz CT molecular complexity index is 534. The molecule has 1 aliphatic carbocycles. The SMILES string of the molecule is CC1(C)C2OCCCC2C1(N)C(=O)NCc1ccncn1. The molecule has 0 radical (unpaired) electrons. The standard InChI is InChI=1S/C15H22N4O2/c1-14(2)12-11(4-3-7-21-12)15(14,16)13(20)18-8-10-5-6-17-9-19-10/h5-6,9,11-12H,3-4,7-8,16H2,1-2H3,(H,18,20). The van der Waals surface area contributed by atoms with E-state index in [0.717, 1.165) is 25.1 Å². The van der Waals surface area contributed by atoms with Crippen LogP contribution in [0.15, 0.2) is 18.6 Å². The van der Waals surface area contributed by atoms with E-state index in [2.05, 4.69) is 15.3 Å². The summed E-state index contributed by atoms with van der Waals surface area (Å²) >= 11 is 0. The molecule has 0 spiro atoms. The molecule has 3 unspecified atom stereocenters. The number of amides is 1. The van der Waals surface area contributed by atoms with E-state index >= 15 is 0 Å². The van der Waals surface area contributed by atoms with Gasteiger partial charge in [0.1, 0.15) is 11.9 Å². The van der Waals surface area contributed by atoms with Gasteiger partial charge in [0.25, 0.3) is 0 Å². The largest absolute Gasteiger partial charge is 0.377 e. The van der Waals surface area contributed by atoms with Gasteiger partial charge in [0, 0.05) is 24.1 Å². The number of fused-ring (bicyclic) bond motifs is 1. The summed E-state index contributed by atoms with van der Waals surface area (Å²) < 4.78 is 5.82. The first-order valence-electron chi connectivity index (χ1n) is 7.41. The normalized spacial score (nSPS) is 33.7. The number of hydrogen-bond acceptors (Lipinski definition) is 5. The van der Waals surface area contributed by atoms with Crippen LogP contribution in [0.2, 0.25) is 0 Å². The van der Waals surface area contributed by atoms with Crippen molar-refractivity contribution in [2.24, 2.45) is 17.1 Å². The highest BCUT2D eigenvalue weighted by molar-refractivity contribution is 5.89. The summed E-state index contributed by atoms with van der Waals surface area (Å²) in [4.78, 5) is 20.6. The van der Waals surface area contributed by atoms with Gasteiger partial charge in [-0.25, -0.2) is 9.97 Å². The van der Waals surface area contributed by atoms with E-state index in [1.54, 1.807) is 12.3 Å². The highest BCUT2D eigenvalue weighted by atomic mass is 16.5. The Morgan fingerprint density at radius 3 is 3.10 bits per heavy atom. The Morgan fingerprint density at radius 1 is 1.57 bits per heavy atom. The number of carbonyl (C=O) groups excluding carboxylic acids is 1. The van der Waals surface area contributed by atoms with Gasteiger partial charge in [-0.05, 0) is 18.9 Å². The molecule has 1 saturated carbocycles. The molecule has 6 nitrogen and oxygen atoms in total. The van der Waals surface area contributed by atoms with E-state index in [1.165, 1.54) is 6.33 Å². The van der Waals surface area contributed by atoms with Crippen LogP contribution in [-0.4, -0.2) is 34.1 Å². The molecular weight excluding hydrogens is 268 g/mol. The summed E-state index contributed by atoms with van der Waals surface area (Å²) in [5.74, 6) is -0.00971. The number of nitrogens with one attached hydrogen (secondary N) is 1. The molecular formula is C15H22N4O2. The third-order valence-electron chi connectivity index (χ3n) is 5.13. The van der Waals surface area contributed by atoms with Crippen LogP contribution in [0.4, 0.5) is 0 Å². The molecule has 1 aromatic heterocycles. The van der Waals surface area contributed by atoms with Gasteiger partial charge in [0.2, 0.25) is 5.91 Å². The fourth-order valence-electron chi connectivity index (χ4n) is 3.78. The molecule has 0 bridgehead atoms. The first-order valence-corrected chi connectivity index (χ1v) is 7.41. The monoisotopic (exact) mass is 290 g/mol. The summed E-state index contributed by atoms with van der Waals surface area (Å²) in [6, 6.07) is 1.78. The first kappa shape index (κ1) is 14.4. The predicted octanol–water partition coefficient (Wildman–Crippen LogP) is 0.625. The molecule has 2 fully saturated rings. The zero-order chi connectivity index (χ0) is 15.1. The second kappa shape index (κ2) is 5.03. The van der Waals surface area contributed by atoms with Crippen molar-refractivity contribution >= 4 is 5.91 Å². The van der Waals surface area contributed by atoms with Crippen LogP contribution in [0.3, 0.4) is 0 Å². The van der Waals surface area contributed by atoms with Gasteiger partial charge in [-0.3, -0.25) is 4.79 Å². The lowest BCUT2D eigenvalue weighted by Crippen LogP contribution is -2.82. The number of nitrogens with zero attached hydrogens (tertiary/aromatic N) is 2. The summed E-state index contributed by atoms with van der Waals surface area (Å²) in [5, 5.41) is 2.92. The van der Waals surface area contributed by atoms with Crippen LogP contribution in [0, 0.1) is 11.3 Å². The predicted molar refractivity (Wildman–Crippen MR) is 77.0 cm³/mol. The molecule has 3 N–H and O–H groups in total. The molecule has 6 heteroatoms. The minimum absolute atomic E-state index is 0.0843. The Hall–Kier alpha value is -1.53. The lowest BCUT2D eigenvalue weighted by atomic mass is 9.46. The number of nitrogens with two attached hydrogens (primary N) is 1. The minimum atomic E-state index is -0.870. The molecule has 21 heavy (non-hydrogen) atoms. The summed E-state index contributed by atoms with van der Waals surface area (Å²) in [7, 11) is 0. The van der Waals surface area contributed by atoms with Crippen molar-refractivity contribution in [2.75, 3.05) is 6.61 Å². The quantitative estimate of drug-likeness (QED) is 0.852. The lowest BCUT2D eigenvalue weighted by molar-refractivity contribution is -0.225. The maximum atomic E-state index is 12.7. The summed E-state index contributed by atoms with van der Waals surface area (Å²) in [6.45, 7) is 5.17. The molecule has 1 saturated heterocycles. The summed E-state index contributed by atoms with van der Waals surface area (Å²) in [6.07, 6.45) is 5.13. The smallest absolute Gasteiger partial charge is 0.241 e. The highest BCUT2D eigenvalue weighted by Crippen LogP contribution is 2.57. The van der Waals surface area contributed by atoms with E-state index in [-0.39, 0.29) is 23.3 Å². The van der Waals surface area contributed by atoms with E-state index in [4.69, 9.17) is 10.5 Å². The maximum Gasteiger partial charge on any atom is 0.241 e. The molecule has 3 rings (SSSR count). The van der Waals surface area contributed by atoms with Gasteiger partial charge in [-0.15, -0.1) is 0 Å². The molecule has 1 aromatic rings. The second-order valence-corrected chi connectivity index (χ2v) is 6.51. The number of ether oxygens (including phenoxy) is 1. The highest BCUT2D eigenvalue weighted by Gasteiger charge is 2.70. The third kappa shape index (κ3) is 2.05. The Morgan fingerprint density at radius 2 is 2.38 bits per heavy atom. The van der Waals surface area contributed by atoms with E-state index in [0.29, 0.717) is 6.54 Å². The zero-order valence-electron chi connectivity index (χ0n) is 12.5. The first-order chi connectivity index (χ1) is 9.98.